The van der Waals surface area contributed by atoms with Gasteiger partial charge in [0.1, 0.15) is 12.6 Å². The van der Waals surface area contributed by atoms with Gasteiger partial charge in [0, 0.05) is 18.9 Å². The van der Waals surface area contributed by atoms with Crippen LogP contribution in [0.5, 0.6) is 0 Å². The lowest BCUT2D eigenvalue weighted by Gasteiger charge is -2.28. The molecule has 0 aliphatic heterocycles. The zero-order chi connectivity index (χ0) is 26.4. The van der Waals surface area contributed by atoms with E-state index in [1.807, 2.05) is 30.3 Å². The maximum Gasteiger partial charge on any atom is 0.329 e. The minimum absolute atomic E-state index is 0.152. The van der Waals surface area contributed by atoms with E-state index in [4.69, 9.17) is 0 Å². The largest absolute Gasteiger partial charge is 0.480 e. The predicted molar refractivity (Wildman–Crippen MR) is 137 cm³/mol. The van der Waals surface area contributed by atoms with Crippen LogP contribution in [0.4, 0.5) is 0 Å². The van der Waals surface area contributed by atoms with Gasteiger partial charge in [0.15, 0.2) is 0 Å². The number of aliphatic carboxylic acids is 1. The fourth-order valence-corrected chi connectivity index (χ4v) is 4.77. The zero-order valence-electron chi connectivity index (χ0n) is 20.3. The van der Waals surface area contributed by atoms with E-state index >= 15 is 0 Å². The number of benzene rings is 2. The van der Waals surface area contributed by atoms with Crippen molar-refractivity contribution in [3.63, 3.8) is 0 Å². The number of hydrogen-bond acceptors (Lipinski definition) is 5. The van der Waals surface area contributed by atoms with Gasteiger partial charge >= 0.3 is 11.7 Å². The van der Waals surface area contributed by atoms with Gasteiger partial charge in [-0.1, -0.05) is 42.5 Å². The number of carbonyl (C=O) groups excluding carboxylic acids is 2. The molecule has 0 radical (unpaired) electrons. The number of fused-ring (bicyclic) bond motifs is 1. The van der Waals surface area contributed by atoms with Crippen LogP contribution >= 0.6 is 0 Å². The Balaban J connectivity index is 1.25. The first-order valence-electron chi connectivity index (χ1n) is 12.4. The first-order valence-corrected chi connectivity index (χ1v) is 12.4. The van der Waals surface area contributed by atoms with E-state index in [1.165, 1.54) is 0 Å². The van der Waals surface area contributed by atoms with E-state index in [1.54, 1.807) is 24.3 Å². The molecule has 0 bridgehead atoms. The maximum absolute atomic E-state index is 12.7. The summed E-state index contributed by atoms with van der Waals surface area (Å²) in [5, 5.41) is 15.3. The number of carbonyl (C=O) groups is 3. The molecule has 2 amide bonds. The fraction of sp³-hybridized carbons (Fsp3) is 0.370. The van der Waals surface area contributed by atoms with Crippen molar-refractivity contribution in [3.05, 3.63) is 81.0 Å². The summed E-state index contributed by atoms with van der Waals surface area (Å²) in [7, 11) is 0. The molecule has 4 N–H and O–H groups in total. The molecule has 1 aliphatic rings. The van der Waals surface area contributed by atoms with Crippen LogP contribution in [0.1, 0.15) is 31.2 Å². The Morgan fingerprint density at radius 2 is 1.65 bits per heavy atom. The smallest absolute Gasteiger partial charge is 0.329 e. The summed E-state index contributed by atoms with van der Waals surface area (Å²) in [4.78, 5) is 64.3. The number of para-hydroxylation sites is 1. The summed E-state index contributed by atoms with van der Waals surface area (Å²) in [6, 6.07) is 14.8. The number of nitrogens with one attached hydrogen (secondary N) is 3. The highest BCUT2D eigenvalue weighted by Gasteiger charge is 2.29. The average molecular weight is 507 g/mol. The van der Waals surface area contributed by atoms with Crippen LogP contribution < -0.4 is 21.9 Å². The van der Waals surface area contributed by atoms with Crippen molar-refractivity contribution < 1.29 is 19.5 Å². The van der Waals surface area contributed by atoms with Crippen LogP contribution in [0, 0.1) is 11.8 Å². The molecule has 0 saturated heterocycles. The Bertz CT molecular complexity index is 1390. The summed E-state index contributed by atoms with van der Waals surface area (Å²) in [5.41, 5.74) is 0.0949. The van der Waals surface area contributed by atoms with E-state index in [9.17, 15) is 29.1 Å². The Hall–Kier alpha value is -4.21. The number of carboxylic acids is 1. The van der Waals surface area contributed by atoms with Gasteiger partial charge in [0.25, 0.3) is 5.56 Å². The highest BCUT2D eigenvalue weighted by molar-refractivity contribution is 5.85. The molecule has 1 aliphatic carbocycles. The van der Waals surface area contributed by atoms with E-state index in [2.05, 4.69) is 15.6 Å². The molecule has 0 unspecified atom stereocenters. The van der Waals surface area contributed by atoms with Gasteiger partial charge in [-0.3, -0.25) is 19.0 Å². The quantitative estimate of drug-likeness (QED) is 0.345. The number of H-pyrrole nitrogens is 1. The summed E-state index contributed by atoms with van der Waals surface area (Å²) >= 11 is 0. The number of amides is 2. The highest BCUT2D eigenvalue weighted by Crippen LogP contribution is 2.28. The Morgan fingerprint density at radius 1 is 0.973 bits per heavy atom. The summed E-state index contributed by atoms with van der Waals surface area (Å²) in [6.45, 7) is -0.00604. The van der Waals surface area contributed by atoms with Crippen molar-refractivity contribution in [2.75, 3.05) is 6.54 Å². The minimum atomic E-state index is -1.07. The monoisotopic (exact) mass is 506 g/mol. The second-order valence-corrected chi connectivity index (χ2v) is 9.48. The van der Waals surface area contributed by atoms with Crippen molar-refractivity contribution in [1.82, 2.24) is 20.2 Å². The standard InChI is InChI=1S/C27H30N4O6/c32-23(16-31-25(34)20-8-4-5-9-21(20)30-27(31)37)28-15-18-10-12-19(13-11-18)24(33)29-22(26(35)36)14-17-6-2-1-3-7-17/h1-9,18-19,22H,10-16H2,(H,28,32)(H,29,33)(H,30,37)(H,35,36)/t18?,19?,22-/m1/s1. The Kier molecular flexibility index (Phi) is 8.17. The van der Waals surface area contributed by atoms with Gasteiger partial charge < -0.3 is 20.7 Å². The van der Waals surface area contributed by atoms with Crippen LogP contribution in [0.3, 0.4) is 0 Å². The Morgan fingerprint density at radius 3 is 2.35 bits per heavy atom. The summed E-state index contributed by atoms with van der Waals surface area (Å²) in [6.07, 6.45) is 2.80. The lowest BCUT2D eigenvalue weighted by molar-refractivity contribution is -0.142. The van der Waals surface area contributed by atoms with Gasteiger partial charge in [-0.15, -0.1) is 0 Å². The molecule has 10 heteroatoms. The molecule has 194 valence electrons. The molecule has 1 aromatic heterocycles. The number of nitrogens with zero attached hydrogens (tertiary/aromatic N) is 1. The van der Waals surface area contributed by atoms with Crippen LogP contribution in [-0.2, 0) is 27.3 Å². The molecule has 10 nitrogen and oxygen atoms in total. The lowest BCUT2D eigenvalue weighted by Crippen LogP contribution is -2.46. The van der Waals surface area contributed by atoms with Gasteiger partial charge in [-0.2, -0.15) is 0 Å². The molecule has 37 heavy (non-hydrogen) atoms. The van der Waals surface area contributed by atoms with Crippen molar-refractivity contribution >= 4 is 28.7 Å². The second kappa shape index (κ2) is 11.7. The third-order valence-electron chi connectivity index (χ3n) is 6.89. The third kappa shape index (κ3) is 6.52. The number of aromatic amines is 1. The van der Waals surface area contributed by atoms with Gasteiger partial charge in [-0.25, -0.2) is 9.59 Å². The number of aromatic nitrogens is 2. The first-order chi connectivity index (χ1) is 17.8. The zero-order valence-corrected chi connectivity index (χ0v) is 20.3. The maximum atomic E-state index is 12.7. The van der Waals surface area contributed by atoms with E-state index < -0.39 is 29.2 Å². The highest BCUT2D eigenvalue weighted by atomic mass is 16.4. The van der Waals surface area contributed by atoms with E-state index in [0.29, 0.717) is 43.1 Å². The minimum Gasteiger partial charge on any atom is -0.480 e. The van der Waals surface area contributed by atoms with Crippen molar-refractivity contribution in [2.24, 2.45) is 11.8 Å². The first kappa shape index (κ1) is 25.9. The molecular formula is C27H30N4O6. The van der Waals surface area contributed by atoms with Crippen molar-refractivity contribution in [1.29, 1.82) is 0 Å². The van der Waals surface area contributed by atoms with Crippen LogP contribution in [0.2, 0.25) is 0 Å². The number of carboxylic acid groups (broad SMARTS) is 1. The summed E-state index contributed by atoms with van der Waals surface area (Å²) in [5.74, 6) is -1.90. The lowest BCUT2D eigenvalue weighted by atomic mass is 9.81. The topological polar surface area (TPSA) is 150 Å². The second-order valence-electron chi connectivity index (χ2n) is 9.48. The molecular weight excluding hydrogens is 476 g/mol. The van der Waals surface area contributed by atoms with Gasteiger partial charge in [0.05, 0.1) is 10.9 Å². The van der Waals surface area contributed by atoms with Crippen molar-refractivity contribution in [2.45, 2.75) is 44.7 Å². The fourth-order valence-electron chi connectivity index (χ4n) is 4.77. The summed E-state index contributed by atoms with van der Waals surface area (Å²) < 4.78 is 0.882. The van der Waals surface area contributed by atoms with Gasteiger partial charge in [0.2, 0.25) is 11.8 Å². The molecule has 1 heterocycles. The normalized spacial score (nSPS) is 18.2. The van der Waals surface area contributed by atoms with Crippen molar-refractivity contribution in [3.8, 4) is 0 Å². The number of hydrogen-bond donors (Lipinski definition) is 4. The molecule has 1 fully saturated rings. The molecule has 4 rings (SSSR count). The molecule has 0 spiro atoms. The molecule has 3 aromatic rings. The molecule has 1 atom stereocenters. The third-order valence-corrected chi connectivity index (χ3v) is 6.89. The predicted octanol–water partition coefficient (Wildman–Crippen LogP) is 1.42. The average Bonchev–Trinajstić information content (AvgIpc) is 2.90. The molecule has 2 aromatic carbocycles. The van der Waals surface area contributed by atoms with Gasteiger partial charge in [-0.05, 0) is 49.3 Å². The van der Waals surface area contributed by atoms with E-state index in [-0.39, 0.29) is 30.7 Å². The van der Waals surface area contributed by atoms with Crippen LogP contribution in [0.15, 0.2) is 64.2 Å². The van der Waals surface area contributed by atoms with Crippen LogP contribution in [0.25, 0.3) is 10.9 Å². The molecule has 1 saturated carbocycles. The number of rotatable bonds is 9. The SMILES string of the molecule is O=C(Cn1c(=O)[nH]c2ccccc2c1=O)NCC1CCC(C(=O)N[C@H](Cc2ccccc2)C(=O)O)CC1. The van der Waals surface area contributed by atoms with E-state index in [0.717, 1.165) is 10.1 Å². The van der Waals surface area contributed by atoms with Crippen LogP contribution in [-0.4, -0.2) is 45.0 Å². The Labute approximate surface area is 212 Å².